The molecule has 0 aromatic carbocycles. The Bertz CT molecular complexity index is 202. The van der Waals surface area contributed by atoms with Crippen LogP contribution in [0.5, 0.6) is 0 Å². The van der Waals surface area contributed by atoms with E-state index in [4.69, 9.17) is 0 Å². The lowest BCUT2D eigenvalue weighted by molar-refractivity contribution is 0.534. The van der Waals surface area contributed by atoms with Crippen molar-refractivity contribution in [3.8, 4) is 0 Å². The van der Waals surface area contributed by atoms with Crippen molar-refractivity contribution in [2.45, 2.75) is 128 Å². The van der Waals surface area contributed by atoms with Crippen molar-refractivity contribution < 1.29 is 0 Å². The van der Waals surface area contributed by atoms with E-state index in [1.54, 1.807) is 0 Å². The third-order valence-corrected chi connectivity index (χ3v) is 5.95. The zero-order valence-corrected chi connectivity index (χ0v) is 17.1. The van der Waals surface area contributed by atoms with Crippen LogP contribution in [0.4, 0.5) is 0 Å². The van der Waals surface area contributed by atoms with Crippen LogP contribution in [0, 0.1) is 12.7 Å². The fourth-order valence-electron chi connectivity index (χ4n) is 2.85. The van der Waals surface area contributed by atoms with Crippen LogP contribution in [0.3, 0.4) is 0 Å². The third kappa shape index (κ3) is 20.3. The minimum Gasteiger partial charge on any atom is -0.154 e. The number of hydrogen-bond acceptors (Lipinski definition) is 1. The van der Waals surface area contributed by atoms with Gasteiger partial charge in [0, 0.05) is 11.0 Å². The molecule has 0 N–H and O–H groups in total. The molecule has 0 bridgehead atoms. The summed E-state index contributed by atoms with van der Waals surface area (Å²) in [6.45, 7) is 8.50. The first kappa shape index (κ1) is 23.4. The standard InChI is InChI=1S/C22H44S/c1-4-6-7-8-9-10-11-12-13-14-15-16-17-18-19-20-21-23-22(3)5-2/h21-22H,1,4-20H2,2-3H3. The molecule has 0 saturated carbocycles. The van der Waals surface area contributed by atoms with Crippen LogP contribution >= 0.6 is 11.8 Å². The SMILES string of the molecule is [CH2]CCCCCCCCCCCCCCCC[CH]SC(C)CC. The summed E-state index contributed by atoms with van der Waals surface area (Å²) in [5.41, 5.74) is 0. The molecule has 1 atom stereocenters. The monoisotopic (exact) mass is 340 g/mol. The first-order chi connectivity index (χ1) is 11.3. The number of hydrogen-bond donors (Lipinski definition) is 0. The Morgan fingerprint density at radius 1 is 0.696 bits per heavy atom. The zero-order chi connectivity index (χ0) is 17.0. The molecule has 2 radical (unpaired) electrons. The smallest absolute Gasteiger partial charge is 0.0169 e. The molecule has 0 rings (SSSR count). The fourth-order valence-corrected chi connectivity index (χ4v) is 3.68. The number of unbranched alkanes of at least 4 members (excludes halogenated alkanes) is 15. The van der Waals surface area contributed by atoms with Gasteiger partial charge in [-0.25, -0.2) is 0 Å². The molecule has 0 saturated heterocycles. The van der Waals surface area contributed by atoms with E-state index in [0.29, 0.717) is 0 Å². The van der Waals surface area contributed by atoms with E-state index in [2.05, 4.69) is 26.5 Å². The molecule has 1 heteroatoms. The van der Waals surface area contributed by atoms with E-state index >= 15 is 0 Å². The second-order valence-corrected chi connectivity index (χ2v) is 8.52. The molecule has 0 heterocycles. The van der Waals surface area contributed by atoms with Crippen molar-refractivity contribution >= 4 is 11.8 Å². The van der Waals surface area contributed by atoms with Crippen molar-refractivity contribution in [1.82, 2.24) is 0 Å². The van der Waals surface area contributed by atoms with E-state index in [0.717, 1.165) is 11.7 Å². The highest BCUT2D eigenvalue weighted by molar-refractivity contribution is 8.01. The van der Waals surface area contributed by atoms with Crippen LogP contribution < -0.4 is 0 Å². The fraction of sp³-hybridized carbons (Fsp3) is 0.909. The zero-order valence-electron chi connectivity index (χ0n) is 16.3. The molecule has 1 unspecified atom stereocenters. The van der Waals surface area contributed by atoms with Crippen molar-refractivity contribution in [1.29, 1.82) is 0 Å². The van der Waals surface area contributed by atoms with Gasteiger partial charge in [-0.1, -0.05) is 117 Å². The second kappa shape index (κ2) is 20.4. The number of thioether (sulfide) groups is 1. The molecule has 0 amide bonds. The van der Waals surface area contributed by atoms with E-state index in [1.807, 2.05) is 11.8 Å². The normalized spacial score (nSPS) is 12.7. The minimum atomic E-state index is 0.809. The van der Waals surface area contributed by atoms with Gasteiger partial charge in [-0.05, 0) is 12.8 Å². The lowest BCUT2D eigenvalue weighted by atomic mass is 10.0. The molecule has 0 fully saturated rings. The molecule has 0 aliphatic heterocycles. The average molecular weight is 341 g/mol. The molecule has 0 nitrogen and oxygen atoms in total. The summed E-state index contributed by atoms with van der Waals surface area (Å²) in [4.78, 5) is 0. The summed E-state index contributed by atoms with van der Waals surface area (Å²) in [6.07, 6.45) is 23.9. The Labute approximate surface area is 153 Å². The number of rotatable bonds is 19. The summed E-state index contributed by atoms with van der Waals surface area (Å²) >= 11 is 2.04. The van der Waals surface area contributed by atoms with Crippen molar-refractivity contribution in [3.05, 3.63) is 12.7 Å². The molecule has 23 heavy (non-hydrogen) atoms. The van der Waals surface area contributed by atoms with Crippen LogP contribution in [0.1, 0.15) is 123 Å². The van der Waals surface area contributed by atoms with Crippen LogP contribution in [0.15, 0.2) is 0 Å². The van der Waals surface area contributed by atoms with Gasteiger partial charge in [-0.15, -0.1) is 0 Å². The molecule has 0 spiro atoms. The second-order valence-electron chi connectivity index (χ2n) is 7.11. The topological polar surface area (TPSA) is 0 Å². The van der Waals surface area contributed by atoms with Crippen LogP contribution in [0.2, 0.25) is 0 Å². The molecule has 0 aliphatic rings. The van der Waals surface area contributed by atoms with Gasteiger partial charge < -0.3 is 0 Å². The van der Waals surface area contributed by atoms with Crippen LogP contribution in [-0.4, -0.2) is 5.25 Å². The first-order valence-electron chi connectivity index (χ1n) is 10.6. The summed E-state index contributed by atoms with van der Waals surface area (Å²) in [7, 11) is 0. The lowest BCUT2D eigenvalue weighted by Crippen LogP contribution is -1.91. The Morgan fingerprint density at radius 2 is 1.09 bits per heavy atom. The quantitative estimate of drug-likeness (QED) is 0.212. The van der Waals surface area contributed by atoms with Crippen LogP contribution in [-0.2, 0) is 0 Å². The first-order valence-corrected chi connectivity index (χ1v) is 11.5. The highest BCUT2D eigenvalue weighted by Gasteiger charge is 1.99. The van der Waals surface area contributed by atoms with Crippen molar-refractivity contribution in [3.63, 3.8) is 0 Å². The van der Waals surface area contributed by atoms with E-state index in [1.165, 1.54) is 103 Å². The maximum absolute atomic E-state index is 3.90. The Morgan fingerprint density at radius 3 is 1.48 bits per heavy atom. The molecule has 0 aromatic rings. The van der Waals surface area contributed by atoms with Gasteiger partial charge in [0.1, 0.15) is 0 Å². The summed E-state index contributed by atoms with van der Waals surface area (Å²) in [5, 5.41) is 0.809. The van der Waals surface area contributed by atoms with Gasteiger partial charge in [0.05, 0.1) is 0 Å². The average Bonchev–Trinajstić information content (AvgIpc) is 2.57. The van der Waals surface area contributed by atoms with Gasteiger partial charge in [-0.2, -0.15) is 11.8 Å². The lowest BCUT2D eigenvalue weighted by Gasteiger charge is -2.07. The van der Waals surface area contributed by atoms with Gasteiger partial charge in [0.25, 0.3) is 0 Å². The van der Waals surface area contributed by atoms with Crippen molar-refractivity contribution in [2.24, 2.45) is 0 Å². The van der Waals surface area contributed by atoms with Gasteiger partial charge in [-0.3, -0.25) is 0 Å². The summed E-state index contributed by atoms with van der Waals surface area (Å²) < 4.78 is 0. The summed E-state index contributed by atoms with van der Waals surface area (Å²) in [5.74, 6) is 2.44. The van der Waals surface area contributed by atoms with Crippen LogP contribution in [0.25, 0.3) is 0 Å². The highest BCUT2D eigenvalue weighted by Crippen LogP contribution is 2.20. The molecular weight excluding hydrogens is 296 g/mol. The predicted octanol–water partition coefficient (Wildman–Crippen LogP) is 8.76. The molecular formula is C22H44S. The van der Waals surface area contributed by atoms with E-state index in [9.17, 15) is 0 Å². The maximum Gasteiger partial charge on any atom is 0.0169 e. The molecule has 138 valence electrons. The molecule has 0 aromatic heterocycles. The largest absolute Gasteiger partial charge is 0.154 e. The maximum atomic E-state index is 3.90. The van der Waals surface area contributed by atoms with E-state index < -0.39 is 0 Å². The molecule has 0 aliphatic carbocycles. The van der Waals surface area contributed by atoms with Gasteiger partial charge >= 0.3 is 0 Å². The Balaban J connectivity index is 2.97. The van der Waals surface area contributed by atoms with Gasteiger partial charge in [0.15, 0.2) is 0 Å². The van der Waals surface area contributed by atoms with Gasteiger partial charge in [0.2, 0.25) is 0 Å². The predicted molar refractivity (Wildman–Crippen MR) is 111 cm³/mol. The van der Waals surface area contributed by atoms with E-state index in [-0.39, 0.29) is 0 Å². The van der Waals surface area contributed by atoms with Crippen molar-refractivity contribution in [2.75, 3.05) is 0 Å². The Hall–Kier alpha value is 0.350. The Kier molecular flexibility index (Phi) is 20.7. The summed E-state index contributed by atoms with van der Waals surface area (Å²) in [6, 6.07) is 0. The minimum absolute atomic E-state index is 0.809. The third-order valence-electron chi connectivity index (χ3n) is 4.73. The highest BCUT2D eigenvalue weighted by atomic mass is 32.2.